The van der Waals surface area contributed by atoms with Gasteiger partial charge in [0.2, 0.25) is 5.91 Å². The van der Waals surface area contributed by atoms with Crippen molar-refractivity contribution in [3.8, 4) is 5.75 Å². The van der Waals surface area contributed by atoms with Gasteiger partial charge in [0, 0.05) is 10.9 Å². The van der Waals surface area contributed by atoms with E-state index in [2.05, 4.69) is 24.5 Å². The third-order valence-corrected chi connectivity index (χ3v) is 6.39. The molecule has 1 aliphatic heterocycles. The molecule has 136 valence electrons. The van der Waals surface area contributed by atoms with Crippen molar-refractivity contribution in [1.82, 2.24) is 5.32 Å². The van der Waals surface area contributed by atoms with Gasteiger partial charge < -0.3 is 15.4 Å². The van der Waals surface area contributed by atoms with Crippen molar-refractivity contribution in [2.75, 3.05) is 11.9 Å². The van der Waals surface area contributed by atoms with Crippen LogP contribution in [-0.4, -0.2) is 29.7 Å². The van der Waals surface area contributed by atoms with E-state index in [-0.39, 0.29) is 29.7 Å². The summed E-state index contributed by atoms with van der Waals surface area (Å²) >= 11 is 1.50. The summed E-state index contributed by atoms with van der Waals surface area (Å²) < 4.78 is 5.36. The van der Waals surface area contributed by atoms with Crippen molar-refractivity contribution in [2.24, 2.45) is 11.8 Å². The van der Waals surface area contributed by atoms with Crippen LogP contribution in [0.1, 0.15) is 40.0 Å². The largest absolute Gasteiger partial charge is 0.482 e. The van der Waals surface area contributed by atoms with E-state index in [0.717, 1.165) is 11.3 Å². The SMILES string of the molecule is CC(Sc1ccc2c(c1)NC(=O)CO2)C(=O)NC1CCCC(C)C1C. The van der Waals surface area contributed by atoms with Crippen LogP contribution < -0.4 is 15.4 Å². The third kappa shape index (κ3) is 4.29. The molecule has 6 heteroatoms. The van der Waals surface area contributed by atoms with Crippen LogP contribution in [0.3, 0.4) is 0 Å². The third-order valence-electron chi connectivity index (χ3n) is 5.30. The number of nitrogens with one attached hydrogen (secondary N) is 2. The van der Waals surface area contributed by atoms with Crippen LogP contribution in [0.15, 0.2) is 23.1 Å². The Morgan fingerprint density at radius 3 is 2.96 bits per heavy atom. The molecule has 1 heterocycles. The zero-order valence-corrected chi connectivity index (χ0v) is 15.8. The van der Waals surface area contributed by atoms with E-state index in [1.807, 2.05) is 25.1 Å². The smallest absolute Gasteiger partial charge is 0.262 e. The number of amides is 2. The first-order chi connectivity index (χ1) is 11.9. The molecular formula is C19H26N2O3S. The summed E-state index contributed by atoms with van der Waals surface area (Å²) in [6.07, 6.45) is 3.50. The van der Waals surface area contributed by atoms with Crippen molar-refractivity contribution < 1.29 is 14.3 Å². The number of carbonyl (C=O) groups is 2. The minimum Gasteiger partial charge on any atom is -0.482 e. The zero-order valence-electron chi connectivity index (χ0n) is 15.0. The summed E-state index contributed by atoms with van der Waals surface area (Å²) in [6.45, 7) is 6.48. The van der Waals surface area contributed by atoms with Crippen molar-refractivity contribution in [1.29, 1.82) is 0 Å². The van der Waals surface area contributed by atoms with Crippen LogP contribution in [-0.2, 0) is 9.59 Å². The molecule has 2 aliphatic rings. The maximum Gasteiger partial charge on any atom is 0.262 e. The minimum atomic E-state index is -0.192. The lowest BCUT2D eigenvalue weighted by molar-refractivity contribution is -0.121. The van der Waals surface area contributed by atoms with Gasteiger partial charge in [0.15, 0.2) is 6.61 Å². The van der Waals surface area contributed by atoms with E-state index in [1.165, 1.54) is 24.6 Å². The predicted octanol–water partition coefficient (Wildman–Crippen LogP) is 3.44. The Morgan fingerprint density at radius 2 is 2.16 bits per heavy atom. The number of rotatable bonds is 4. The molecule has 1 aromatic rings. The average Bonchev–Trinajstić information content (AvgIpc) is 2.58. The Balaban J connectivity index is 1.60. The quantitative estimate of drug-likeness (QED) is 0.805. The molecule has 0 aromatic heterocycles. The van der Waals surface area contributed by atoms with Gasteiger partial charge in [-0.2, -0.15) is 0 Å². The van der Waals surface area contributed by atoms with Crippen LogP contribution in [0.4, 0.5) is 5.69 Å². The fourth-order valence-corrected chi connectivity index (χ4v) is 4.39. The first-order valence-electron chi connectivity index (χ1n) is 8.98. The molecule has 0 radical (unpaired) electrons. The van der Waals surface area contributed by atoms with E-state index in [1.54, 1.807) is 0 Å². The average molecular weight is 362 g/mol. The number of hydrogen-bond acceptors (Lipinski definition) is 4. The minimum absolute atomic E-state index is 0.0519. The lowest BCUT2D eigenvalue weighted by Crippen LogP contribution is -2.46. The highest BCUT2D eigenvalue weighted by Gasteiger charge is 2.29. The number of ether oxygens (including phenoxy) is 1. The summed E-state index contributed by atoms with van der Waals surface area (Å²) in [5.41, 5.74) is 0.670. The number of fused-ring (bicyclic) bond motifs is 1. The molecule has 5 nitrogen and oxygen atoms in total. The molecule has 0 spiro atoms. The number of benzene rings is 1. The molecule has 0 saturated heterocycles. The first kappa shape index (κ1) is 18.1. The monoisotopic (exact) mass is 362 g/mol. The Bertz CT molecular complexity index is 664. The van der Waals surface area contributed by atoms with Crippen molar-refractivity contribution in [3.63, 3.8) is 0 Å². The number of anilines is 1. The van der Waals surface area contributed by atoms with Crippen LogP contribution in [0, 0.1) is 11.8 Å². The second-order valence-corrected chi connectivity index (χ2v) is 8.55. The van der Waals surface area contributed by atoms with Gasteiger partial charge in [0.1, 0.15) is 5.75 Å². The molecule has 3 rings (SSSR count). The van der Waals surface area contributed by atoms with E-state index in [4.69, 9.17) is 4.74 Å². The van der Waals surface area contributed by atoms with E-state index >= 15 is 0 Å². The standard InChI is InChI=1S/C19H26N2O3S/c1-11-5-4-6-15(12(11)2)21-19(23)13(3)25-14-7-8-17-16(9-14)20-18(22)10-24-17/h7-9,11-13,15H,4-6,10H2,1-3H3,(H,20,22)(H,21,23). The molecule has 4 atom stereocenters. The Morgan fingerprint density at radius 1 is 1.36 bits per heavy atom. The molecule has 2 amide bonds. The number of thioether (sulfide) groups is 1. The van der Waals surface area contributed by atoms with Gasteiger partial charge in [-0.05, 0) is 43.4 Å². The van der Waals surface area contributed by atoms with Gasteiger partial charge in [-0.1, -0.05) is 26.7 Å². The maximum absolute atomic E-state index is 12.6. The summed E-state index contributed by atoms with van der Waals surface area (Å²) in [5, 5.41) is 5.84. The fourth-order valence-electron chi connectivity index (χ4n) is 3.48. The molecular weight excluding hydrogens is 336 g/mol. The molecule has 4 unspecified atom stereocenters. The van der Waals surface area contributed by atoms with Crippen LogP contribution >= 0.6 is 11.8 Å². The summed E-state index contributed by atoms with van der Waals surface area (Å²) in [4.78, 5) is 25.0. The van der Waals surface area contributed by atoms with Crippen LogP contribution in [0.2, 0.25) is 0 Å². The molecule has 1 aromatic carbocycles. The number of carbonyl (C=O) groups excluding carboxylic acids is 2. The molecule has 25 heavy (non-hydrogen) atoms. The predicted molar refractivity (Wildman–Crippen MR) is 100.0 cm³/mol. The van der Waals surface area contributed by atoms with Crippen LogP contribution in [0.5, 0.6) is 5.75 Å². The normalized spacial score (nSPS) is 26.8. The Labute approximate surface area is 153 Å². The lowest BCUT2D eigenvalue weighted by Gasteiger charge is -2.35. The van der Waals surface area contributed by atoms with Crippen LogP contribution in [0.25, 0.3) is 0 Å². The molecule has 1 saturated carbocycles. The first-order valence-corrected chi connectivity index (χ1v) is 9.85. The molecule has 1 fully saturated rings. The van der Waals surface area contributed by atoms with E-state index in [9.17, 15) is 9.59 Å². The summed E-state index contributed by atoms with van der Waals surface area (Å²) in [7, 11) is 0. The molecule has 0 bridgehead atoms. The van der Waals surface area contributed by atoms with Gasteiger partial charge in [-0.15, -0.1) is 11.8 Å². The molecule has 1 aliphatic carbocycles. The summed E-state index contributed by atoms with van der Waals surface area (Å²) in [6, 6.07) is 5.91. The van der Waals surface area contributed by atoms with Gasteiger partial charge in [0.25, 0.3) is 5.91 Å². The van der Waals surface area contributed by atoms with E-state index < -0.39 is 0 Å². The maximum atomic E-state index is 12.6. The van der Waals surface area contributed by atoms with Gasteiger partial charge >= 0.3 is 0 Å². The second kappa shape index (κ2) is 7.68. The Kier molecular flexibility index (Phi) is 5.57. The van der Waals surface area contributed by atoms with E-state index in [0.29, 0.717) is 23.3 Å². The second-order valence-electron chi connectivity index (χ2n) is 7.14. The highest BCUT2D eigenvalue weighted by Crippen LogP contribution is 2.34. The molecule has 2 N–H and O–H groups in total. The van der Waals surface area contributed by atoms with Gasteiger partial charge in [0.05, 0.1) is 10.9 Å². The highest BCUT2D eigenvalue weighted by molar-refractivity contribution is 8.00. The number of hydrogen-bond donors (Lipinski definition) is 2. The zero-order chi connectivity index (χ0) is 18.0. The van der Waals surface area contributed by atoms with Crippen molar-refractivity contribution in [3.05, 3.63) is 18.2 Å². The van der Waals surface area contributed by atoms with Crippen molar-refractivity contribution in [2.45, 2.75) is 56.2 Å². The lowest BCUT2D eigenvalue weighted by atomic mass is 9.78. The Hall–Kier alpha value is -1.69. The van der Waals surface area contributed by atoms with Gasteiger partial charge in [-0.3, -0.25) is 9.59 Å². The summed E-state index contributed by atoms with van der Waals surface area (Å²) in [5.74, 6) is 1.78. The topological polar surface area (TPSA) is 67.4 Å². The highest BCUT2D eigenvalue weighted by atomic mass is 32.2. The van der Waals surface area contributed by atoms with Crippen molar-refractivity contribution >= 4 is 29.3 Å². The van der Waals surface area contributed by atoms with Gasteiger partial charge in [-0.25, -0.2) is 0 Å². The fraction of sp³-hybridized carbons (Fsp3) is 0.579.